The summed E-state index contributed by atoms with van der Waals surface area (Å²) in [5.41, 5.74) is 1.60. The van der Waals surface area contributed by atoms with E-state index in [4.69, 9.17) is 17.0 Å². The number of rotatable bonds is 4. The zero-order valence-corrected chi connectivity index (χ0v) is 13.7. The molecular weight excluding hydrogens is 322 g/mol. The van der Waals surface area contributed by atoms with Gasteiger partial charge in [0.05, 0.1) is 17.7 Å². The van der Waals surface area contributed by atoms with Crippen LogP contribution in [-0.2, 0) is 4.74 Å². The van der Waals surface area contributed by atoms with Gasteiger partial charge in [0.2, 0.25) is 0 Å². The second-order valence-corrected chi connectivity index (χ2v) is 5.79. The summed E-state index contributed by atoms with van der Waals surface area (Å²) in [6, 6.07) is 4.13. The number of hydrogen-bond acceptors (Lipinski definition) is 6. The maximum Gasteiger partial charge on any atom is 0.341 e. The molecule has 1 aromatic carbocycles. The molecule has 0 atom stereocenters. The minimum absolute atomic E-state index is 0.0526. The van der Waals surface area contributed by atoms with E-state index in [9.17, 15) is 15.0 Å². The lowest BCUT2D eigenvalue weighted by Gasteiger charge is -2.10. The molecule has 0 aliphatic carbocycles. The van der Waals surface area contributed by atoms with E-state index in [1.807, 2.05) is 12.3 Å². The highest BCUT2D eigenvalue weighted by Gasteiger charge is 2.19. The summed E-state index contributed by atoms with van der Waals surface area (Å²) >= 11 is 6.59. The van der Waals surface area contributed by atoms with Crippen molar-refractivity contribution in [3.05, 3.63) is 40.3 Å². The number of benzene rings is 1. The van der Waals surface area contributed by atoms with E-state index >= 15 is 0 Å². The van der Waals surface area contributed by atoms with Crippen LogP contribution in [0.25, 0.3) is 0 Å². The van der Waals surface area contributed by atoms with E-state index in [0.717, 1.165) is 5.56 Å². The van der Waals surface area contributed by atoms with Gasteiger partial charge >= 0.3 is 5.97 Å². The van der Waals surface area contributed by atoms with Gasteiger partial charge in [0.15, 0.2) is 0 Å². The van der Waals surface area contributed by atoms with Crippen molar-refractivity contribution in [3.8, 4) is 11.5 Å². The summed E-state index contributed by atoms with van der Waals surface area (Å²) in [5, 5.41) is 24.5. The number of esters is 1. The summed E-state index contributed by atoms with van der Waals surface area (Å²) in [6.45, 7) is 3.84. The number of nitrogens with one attached hydrogen (secondary N) is 1. The van der Waals surface area contributed by atoms with Crippen LogP contribution in [0.5, 0.6) is 11.5 Å². The largest absolute Gasteiger partial charge is 0.508 e. The molecule has 0 saturated heterocycles. The molecule has 0 saturated carbocycles. The van der Waals surface area contributed by atoms with Crippen molar-refractivity contribution in [2.45, 2.75) is 13.8 Å². The molecule has 0 radical (unpaired) electrons. The van der Waals surface area contributed by atoms with Gasteiger partial charge in [-0.3, -0.25) is 0 Å². The van der Waals surface area contributed by atoms with Crippen LogP contribution in [-0.4, -0.2) is 27.8 Å². The Balaban J connectivity index is 2.27. The molecule has 0 aliphatic rings. The summed E-state index contributed by atoms with van der Waals surface area (Å²) in [7, 11) is 0. The minimum Gasteiger partial charge on any atom is -0.508 e. The van der Waals surface area contributed by atoms with E-state index in [1.54, 1.807) is 6.92 Å². The van der Waals surface area contributed by atoms with Gasteiger partial charge in [0, 0.05) is 6.07 Å². The lowest BCUT2D eigenvalue weighted by molar-refractivity contribution is 0.0527. The van der Waals surface area contributed by atoms with E-state index in [2.05, 4.69) is 5.32 Å². The molecule has 0 bridgehead atoms. The van der Waals surface area contributed by atoms with Gasteiger partial charge in [0.25, 0.3) is 0 Å². The van der Waals surface area contributed by atoms with Gasteiger partial charge in [-0.2, -0.15) is 0 Å². The minimum atomic E-state index is -0.415. The van der Waals surface area contributed by atoms with Crippen molar-refractivity contribution in [3.63, 3.8) is 0 Å². The van der Waals surface area contributed by atoms with Crippen molar-refractivity contribution in [2.24, 2.45) is 0 Å². The van der Waals surface area contributed by atoms with Gasteiger partial charge in [-0.25, -0.2) is 4.79 Å². The number of phenolic OH excluding ortho intramolecular Hbond substituents is 2. The van der Waals surface area contributed by atoms with Gasteiger partial charge in [-0.1, -0.05) is 12.2 Å². The lowest BCUT2D eigenvalue weighted by atomic mass is 10.1. The Labute approximate surface area is 137 Å². The van der Waals surface area contributed by atoms with Gasteiger partial charge in [-0.15, -0.1) is 11.3 Å². The lowest BCUT2D eigenvalue weighted by Crippen LogP contribution is -2.14. The quantitative estimate of drug-likeness (QED) is 0.586. The van der Waals surface area contributed by atoms with Gasteiger partial charge in [-0.05, 0) is 36.9 Å². The smallest absolute Gasteiger partial charge is 0.341 e. The van der Waals surface area contributed by atoms with Crippen molar-refractivity contribution in [2.75, 3.05) is 11.9 Å². The van der Waals surface area contributed by atoms with Crippen LogP contribution in [0.4, 0.5) is 5.00 Å². The molecule has 0 unspecified atom stereocenters. The number of thiocarbonyl (C=S) groups is 1. The molecule has 22 heavy (non-hydrogen) atoms. The normalized spacial score (nSPS) is 10.3. The Morgan fingerprint density at radius 1 is 1.41 bits per heavy atom. The first-order valence-corrected chi connectivity index (χ1v) is 7.81. The predicted molar refractivity (Wildman–Crippen MR) is 90.1 cm³/mol. The number of anilines is 1. The Morgan fingerprint density at radius 3 is 2.77 bits per heavy atom. The summed E-state index contributed by atoms with van der Waals surface area (Å²) in [4.78, 5) is 12.3. The molecule has 3 N–H and O–H groups in total. The zero-order valence-electron chi connectivity index (χ0n) is 12.0. The predicted octanol–water partition coefficient (Wildman–Crippen LogP) is 3.43. The summed E-state index contributed by atoms with van der Waals surface area (Å²) in [6.07, 6.45) is 0. The summed E-state index contributed by atoms with van der Waals surface area (Å²) < 4.78 is 5.04. The molecule has 1 heterocycles. The fourth-order valence-corrected chi connectivity index (χ4v) is 3.15. The molecule has 5 nitrogen and oxygen atoms in total. The van der Waals surface area contributed by atoms with Crippen LogP contribution >= 0.6 is 23.6 Å². The Morgan fingerprint density at radius 2 is 2.14 bits per heavy atom. The van der Waals surface area contributed by atoms with Crippen LogP contribution in [0.3, 0.4) is 0 Å². The first-order valence-electron chi connectivity index (χ1n) is 6.52. The van der Waals surface area contributed by atoms with E-state index in [1.165, 1.54) is 29.5 Å². The number of hydrogen-bond donors (Lipinski definition) is 3. The fourth-order valence-electron chi connectivity index (χ4n) is 1.88. The molecule has 7 heteroatoms. The molecular formula is C15H15NO4S2. The van der Waals surface area contributed by atoms with Crippen molar-refractivity contribution in [1.82, 2.24) is 0 Å². The molecule has 116 valence electrons. The Hall–Kier alpha value is -2.12. The molecule has 0 aliphatic heterocycles. The van der Waals surface area contributed by atoms with E-state index < -0.39 is 5.97 Å². The van der Waals surface area contributed by atoms with Crippen molar-refractivity contribution >= 4 is 39.5 Å². The van der Waals surface area contributed by atoms with Crippen LogP contribution < -0.4 is 5.32 Å². The number of aromatic hydroxyl groups is 2. The first-order chi connectivity index (χ1) is 10.4. The molecule has 0 amide bonds. The van der Waals surface area contributed by atoms with Crippen LogP contribution in [0, 0.1) is 6.92 Å². The Bertz CT molecular complexity index is 724. The topological polar surface area (TPSA) is 78.8 Å². The van der Waals surface area contributed by atoms with E-state index in [-0.39, 0.29) is 23.1 Å². The third kappa shape index (κ3) is 3.37. The third-order valence-corrected chi connectivity index (χ3v) is 4.24. The van der Waals surface area contributed by atoms with Gasteiger partial charge < -0.3 is 20.3 Å². The molecule has 0 fully saturated rings. The molecule has 2 rings (SSSR count). The summed E-state index contributed by atoms with van der Waals surface area (Å²) in [5.74, 6) is -0.604. The van der Waals surface area contributed by atoms with Crippen LogP contribution in [0.15, 0.2) is 23.6 Å². The number of carbonyl (C=O) groups is 1. The number of carbonyl (C=O) groups excluding carboxylic acids is 1. The highest BCUT2D eigenvalue weighted by atomic mass is 32.1. The van der Waals surface area contributed by atoms with Crippen molar-refractivity contribution < 1.29 is 19.7 Å². The van der Waals surface area contributed by atoms with Gasteiger partial charge in [0.1, 0.15) is 21.5 Å². The molecule has 2 aromatic rings. The van der Waals surface area contributed by atoms with Crippen LogP contribution in [0.2, 0.25) is 0 Å². The highest BCUT2D eigenvalue weighted by molar-refractivity contribution is 7.81. The maximum atomic E-state index is 12.0. The molecule has 0 spiro atoms. The number of ether oxygens (including phenoxy) is 1. The Kier molecular flexibility index (Phi) is 4.99. The number of aryl methyl sites for hydroxylation is 1. The highest BCUT2D eigenvalue weighted by Crippen LogP contribution is 2.30. The fraction of sp³-hybridized carbons (Fsp3) is 0.200. The second kappa shape index (κ2) is 6.76. The van der Waals surface area contributed by atoms with Crippen LogP contribution in [0.1, 0.15) is 28.4 Å². The zero-order chi connectivity index (χ0) is 16.3. The average molecular weight is 337 g/mol. The average Bonchev–Trinajstić information content (AvgIpc) is 2.79. The third-order valence-electron chi connectivity index (χ3n) is 2.91. The monoisotopic (exact) mass is 337 g/mol. The maximum absolute atomic E-state index is 12.0. The number of phenols is 2. The second-order valence-electron chi connectivity index (χ2n) is 4.50. The standard InChI is InChI=1S/C15H15NO4S2/c1-3-20-15(19)12-8(2)7-22-14(12)16-13(21)10-5-4-9(17)6-11(10)18/h4-7,17-18H,3H2,1-2H3,(H,16,21). The SMILES string of the molecule is CCOC(=O)c1c(C)csc1NC(=S)c1ccc(O)cc1O. The van der Waals surface area contributed by atoms with E-state index in [0.29, 0.717) is 16.1 Å². The number of thiophene rings is 1. The molecule has 1 aromatic heterocycles. The first kappa shape index (κ1) is 16.3. The van der Waals surface area contributed by atoms with Crippen molar-refractivity contribution in [1.29, 1.82) is 0 Å².